The van der Waals surface area contributed by atoms with Crippen LogP contribution in [0.25, 0.3) is 22.5 Å². The number of hydrogen-bond acceptors (Lipinski definition) is 11. The smallest absolute Gasteiger partial charge is 0.235 e. The molecule has 0 bridgehead atoms. The number of halogens is 1. The summed E-state index contributed by atoms with van der Waals surface area (Å²) in [4.78, 5) is 21.9. The quantitative estimate of drug-likeness (QED) is 0.243. The molecule has 0 aliphatic carbocycles. The summed E-state index contributed by atoms with van der Waals surface area (Å²) >= 11 is 9.01. The van der Waals surface area contributed by atoms with Crippen LogP contribution in [-0.4, -0.2) is 39.1 Å². The summed E-state index contributed by atoms with van der Waals surface area (Å²) in [5, 5.41) is 11.4. The highest BCUT2D eigenvalue weighted by Crippen LogP contribution is 2.30. The molecule has 5 rings (SSSR count). The third-order valence-corrected chi connectivity index (χ3v) is 6.51. The molecule has 0 saturated heterocycles. The molecule has 0 fully saturated rings. The van der Waals surface area contributed by atoms with Crippen molar-refractivity contribution in [3.8, 4) is 34.0 Å². The zero-order valence-corrected chi connectivity index (χ0v) is 20.9. The monoisotopic (exact) mass is 523 g/mol. The minimum atomic E-state index is 0.0452. The molecule has 0 aliphatic heterocycles. The molecule has 2 N–H and O–H groups in total. The van der Waals surface area contributed by atoms with Gasteiger partial charge in [-0.1, -0.05) is 0 Å². The molecule has 9 nitrogen and oxygen atoms in total. The first kappa shape index (κ1) is 23.0. The summed E-state index contributed by atoms with van der Waals surface area (Å²) in [5.41, 5.74) is 3.60. The van der Waals surface area contributed by atoms with Crippen LogP contribution < -0.4 is 20.1 Å². The van der Waals surface area contributed by atoms with Gasteiger partial charge >= 0.3 is 0 Å². The molecule has 0 aliphatic rings. The zero-order valence-electron chi connectivity index (χ0n) is 18.5. The Hall–Kier alpha value is -3.80. The molecule has 0 saturated carbocycles. The minimum absolute atomic E-state index is 0.0452. The Bertz CT molecular complexity index is 1330. The molecule has 0 amide bonds. The highest BCUT2D eigenvalue weighted by molar-refractivity contribution is 7.14. The van der Waals surface area contributed by atoms with Crippen molar-refractivity contribution < 1.29 is 9.47 Å². The van der Waals surface area contributed by atoms with Gasteiger partial charge in [0, 0.05) is 21.9 Å². The highest BCUT2D eigenvalue weighted by Gasteiger charge is 2.12. The largest absolute Gasteiger partial charge is 0.497 e. The van der Waals surface area contributed by atoms with Gasteiger partial charge in [-0.15, -0.1) is 22.7 Å². The Kier molecular flexibility index (Phi) is 6.70. The predicted octanol–water partition coefficient (Wildman–Crippen LogP) is 6.28. The Labute approximate surface area is 213 Å². The number of hydrogen-bond donors (Lipinski definition) is 2. The fraction of sp³-hybridized carbons (Fsp3) is 0.0870. The number of ether oxygens (including phenoxy) is 2. The van der Waals surface area contributed by atoms with E-state index in [0.717, 1.165) is 34.0 Å². The average molecular weight is 524 g/mol. The van der Waals surface area contributed by atoms with Crippen molar-refractivity contribution in [3.63, 3.8) is 0 Å². The molecule has 176 valence electrons. The number of anilines is 4. The average Bonchev–Trinajstić information content (AvgIpc) is 3.54. The number of benzene rings is 2. The van der Waals surface area contributed by atoms with Crippen LogP contribution in [0.15, 0.2) is 59.3 Å². The Balaban J connectivity index is 1.29. The number of nitrogens with one attached hydrogen (secondary N) is 2. The highest BCUT2D eigenvalue weighted by atomic mass is 35.5. The molecule has 3 heterocycles. The van der Waals surface area contributed by atoms with Crippen LogP contribution >= 0.6 is 34.3 Å². The normalized spacial score (nSPS) is 10.7. The first-order valence-electron chi connectivity index (χ1n) is 10.2. The Morgan fingerprint density at radius 1 is 0.629 bits per heavy atom. The van der Waals surface area contributed by atoms with E-state index in [1.807, 2.05) is 59.3 Å². The van der Waals surface area contributed by atoms with E-state index < -0.39 is 0 Å². The van der Waals surface area contributed by atoms with Gasteiger partial charge in [-0.05, 0) is 60.1 Å². The van der Waals surface area contributed by atoms with E-state index in [4.69, 9.17) is 21.1 Å². The molecular formula is C23H18ClN7O2S2. The van der Waals surface area contributed by atoms with Gasteiger partial charge in [0.1, 0.15) is 11.5 Å². The number of aromatic nitrogens is 5. The van der Waals surface area contributed by atoms with Gasteiger partial charge in [0.25, 0.3) is 0 Å². The minimum Gasteiger partial charge on any atom is -0.497 e. The number of methoxy groups -OCH3 is 2. The van der Waals surface area contributed by atoms with E-state index in [1.165, 1.54) is 22.7 Å². The van der Waals surface area contributed by atoms with E-state index in [0.29, 0.717) is 10.3 Å². The van der Waals surface area contributed by atoms with Gasteiger partial charge in [-0.2, -0.15) is 15.0 Å². The van der Waals surface area contributed by atoms with Crippen molar-refractivity contribution in [2.45, 2.75) is 0 Å². The zero-order chi connectivity index (χ0) is 24.2. The van der Waals surface area contributed by atoms with Crippen LogP contribution in [0, 0.1) is 0 Å². The summed E-state index contributed by atoms with van der Waals surface area (Å²) in [7, 11) is 3.27. The summed E-state index contributed by atoms with van der Waals surface area (Å²) in [6.45, 7) is 0. The van der Waals surface area contributed by atoms with Crippen molar-refractivity contribution in [2.24, 2.45) is 0 Å². The molecule has 0 unspecified atom stereocenters. The van der Waals surface area contributed by atoms with Gasteiger partial charge in [0.2, 0.25) is 17.2 Å². The lowest BCUT2D eigenvalue weighted by atomic mass is 10.2. The molecule has 2 aromatic carbocycles. The summed E-state index contributed by atoms with van der Waals surface area (Å²) in [6.07, 6.45) is 0. The van der Waals surface area contributed by atoms with Gasteiger partial charge in [0.15, 0.2) is 10.3 Å². The third kappa shape index (κ3) is 5.48. The maximum atomic E-state index is 6.14. The SMILES string of the molecule is COc1ccc(-c2csc(Nc3nc(Cl)nc(Nc4nc(-c5ccc(OC)cc5)cs4)n3)n2)cc1. The first-order chi connectivity index (χ1) is 17.1. The van der Waals surface area contributed by atoms with Gasteiger partial charge < -0.3 is 9.47 Å². The van der Waals surface area contributed by atoms with Crippen LogP contribution in [0.5, 0.6) is 11.5 Å². The molecule has 35 heavy (non-hydrogen) atoms. The third-order valence-electron chi connectivity index (χ3n) is 4.83. The fourth-order valence-corrected chi connectivity index (χ4v) is 4.69. The van der Waals surface area contributed by atoms with E-state index >= 15 is 0 Å². The van der Waals surface area contributed by atoms with Crippen LogP contribution in [-0.2, 0) is 0 Å². The molecule has 12 heteroatoms. The second-order valence-corrected chi connectivity index (χ2v) is 9.09. The van der Waals surface area contributed by atoms with E-state index in [-0.39, 0.29) is 17.2 Å². The van der Waals surface area contributed by atoms with Crippen molar-refractivity contribution >= 4 is 56.4 Å². The number of nitrogens with zero attached hydrogens (tertiary/aromatic N) is 5. The standard InChI is InChI=1S/C23H18ClN7O2S2/c1-32-15-7-3-13(4-8-15)17-11-34-22(25-17)30-20-27-19(24)28-21(29-20)31-23-26-18(12-35-23)14-5-9-16(33-2)10-6-14/h3-12H,1-2H3,(H2,25,26,27,28,29,30,31). The Morgan fingerprint density at radius 2 is 1.06 bits per heavy atom. The maximum absolute atomic E-state index is 6.14. The second kappa shape index (κ2) is 10.2. The summed E-state index contributed by atoms with van der Waals surface area (Å²) in [6, 6.07) is 15.4. The molecule has 0 atom stereocenters. The van der Waals surface area contributed by atoms with Crippen LogP contribution in [0.1, 0.15) is 0 Å². The predicted molar refractivity (Wildman–Crippen MR) is 140 cm³/mol. The van der Waals surface area contributed by atoms with Crippen LogP contribution in [0.4, 0.5) is 22.2 Å². The Morgan fingerprint density at radius 3 is 1.46 bits per heavy atom. The lowest BCUT2D eigenvalue weighted by Gasteiger charge is -2.05. The van der Waals surface area contributed by atoms with Gasteiger partial charge in [0.05, 0.1) is 25.6 Å². The van der Waals surface area contributed by atoms with Gasteiger partial charge in [-0.3, -0.25) is 10.6 Å². The van der Waals surface area contributed by atoms with E-state index in [9.17, 15) is 0 Å². The number of thiazole rings is 2. The molecule has 0 spiro atoms. The molecular weight excluding hydrogens is 506 g/mol. The summed E-state index contributed by atoms with van der Waals surface area (Å²) < 4.78 is 10.4. The van der Waals surface area contributed by atoms with Crippen molar-refractivity contribution in [2.75, 3.05) is 24.9 Å². The van der Waals surface area contributed by atoms with Crippen molar-refractivity contribution in [1.29, 1.82) is 0 Å². The topological polar surface area (TPSA) is 107 Å². The molecule has 3 aromatic heterocycles. The second-order valence-electron chi connectivity index (χ2n) is 7.03. The van der Waals surface area contributed by atoms with Crippen LogP contribution in [0.3, 0.4) is 0 Å². The van der Waals surface area contributed by atoms with Crippen molar-refractivity contribution in [1.82, 2.24) is 24.9 Å². The maximum Gasteiger partial charge on any atom is 0.235 e. The molecule has 5 aromatic rings. The van der Waals surface area contributed by atoms with E-state index in [1.54, 1.807) is 14.2 Å². The van der Waals surface area contributed by atoms with Crippen molar-refractivity contribution in [3.05, 3.63) is 64.6 Å². The molecule has 0 radical (unpaired) electrons. The van der Waals surface area contributed by atoms with Crippen LogP contribution in [0.2, 0.25) is 5.28 Å². The lowest BCUT2D eigenvalue weighted by molar-refractivity contribution is 0.415. The van der Waals surface area contributed by atoms with E-state index in [2.05, 4.69) is 35.6 Å². The number of rotatable bonds is 8. The fourth-order valence-electron chi connectivity index (χ4n) is 3.10. The van der Waals surface area contributed by atoms with Gasteiger partial charge in [-0.25, -0.2) is 9.97 Å². The lowest BCUT2D eigenvalue weighted by Crippen LogP contribution is -2.03. The summed E-state index contributed by atoms with van der Waals surface area (Å²) in [5.74, 6) is 2.13. The first-order valence-corrected chi connectivity index (χ1v) is 12.4.